The lowest BCUT2D eigenvalue weighted by molar-refractivity contribution is 0.413. The first-order valence-electron chi connectivity index (χ1n) is 10.3. The quantitative estimate of drug-likeness (QED) is 0.297. The van der Waals surface area contributed by atoms with Gasteiger partial charge in [-0.15, -0.1) is 0 Å². The van der Waals surface area contributed by atoms with Gasteiger partial charge >= 0.3 is 0 Å². The Morgan fingerprint density at radius 1 is 0.548 bits per heavy atom. The van der Waals surface area contributed by atoms with Gasteiger partial charge in [-0.2, -0.15) is 0 Å². The van der Waals surface area contributed by atoms with Crippen molar-refractivity contribution in [2.45, 2.75) is 0 Å². The Morgan fingerprint density at radius 3 is 1.65 bits per heavy atom. The van der Waals surface area contributed by atoms with Crippen LogP contribution in [0, 0.1) is 0 Å². The molecule has 1 aliphatic rings. The van der Waals surface area contributed by atoms with E-state index in [1.165, 1.54) is 38.4 Å². The maximum Gasteiger partial charge on any atom is 0.126 e. The maximum absolute atomic E-state index is 5.80. The fourth-order valence-corrected chi connectivity index (χ4v) is 5.78. The first-order valence-corrected chi connectivity index (χ1v) is 11.3. The molecule has 4 aromatic rings. The van der Waals surface area contributed by atoms with Gasteiger partial charge in [0.1, 0.15) is 11.5 Å². The molecule has 0 fully saturated rings. The number of hydrogen-bond donors (Lipinski definition) is 0. The van der Waals surface area contributed by atoms with Crippen molar-refractivity contribution in [3.8, 4) is 22.6 Å². The molecule has 5 rings (SSSR count). The van der Waals surface area contributed by atoms with Crippen LogP contribution in [0.2, 0.25) is 0 Å². The van der Waals surface area contributed by atoms with Crippen molar-refractivity contribution in [1.82, 2.24) is 0 Å². The van der Waals surface area contributed by atoms with Crippen LogP contribution >= 0.6 is 8.58 Å². The zero-order valence-corrected chi connectivity index (χ0v) is 18.6. The number of methoxy groups -OCH3 is 2. The zero-order valence-electron chi connectivity index (χ0n) is 17.6. The normalized spacial score (nSPS) is 12.0. The van der Waals surface area contributed by atoms with E-state index in [9.17, 15) is 0 Å². The molecule has 0 saturated heterocycles. The van der Waals surface area contributed by atoms with Crippen LogP contribution in [0.3, 0.4) is 0 Å². The molecular formula is C28H23O2P. The summed E-state index contributed by atoms with van der Waals surface area (Å²) in [6, 6.07) is 33.9. The second-order valence-corrected chi connectivity index (χ2v) is 8.66. The first kappa shape index (κ1) is 19.6. The predicted molar refractivity (Wildman–Crippen MR) is 132 cm³/mol. The molecule has 0 aliphatic heterocycles. The molecule has 0 amide bonds. The van der Waals surface area contributed by atoms with Gasteiger partial charge in [0.05, 0.1) is 14.2 Å². The highest BCUT2D eigenvalue weighted by atomic mass is 31.1. The summed E-state index contributed by atoms with van der Waals surface area (Å²) in [7, 11) is 3.89. The van der Waals surface area contributed by atoms with Gasteiger partial charge in [0.2, 0.25) is 0 Å². The highest BCUT2D eigenvalue weighted by Crippen LogP contribution is 2.53. The van der Waals surface area contributed by atoms with Crippen LogP contribution in [0.15, 0.2) is 97.1 Å². The Hall–Kier alpha value is -3.35. The summed E-state index contributed by atoms with van der Waals surface area (Å²) in [6.07, 6.45) is 0. The molecule has 0 radical (unpaired) electrons. The number of hydrogen-bond acceptors (Lipinski definition) is 2. The first-order chi connectivity index (χ1) is 15.3. The second kappa shape index (κ2) is 8.41. The van der Waals surface area contributed by atoms with E-state index in [-0.39, 0.29) is 0 Å². The summed E-state index contributed by atoms with van der Waals surface area (Å²) in [5, 5.41) is 2.44. The lowest BCUT2D eigenvalue weighted by Gasteiger charge is -2.18. The molecule has 1 atom stereocenters. The van der Waals surface area contributed by atoms with E-state index in [0.29, 0.717) is 8.58 Å². The number of benzene rings is 4. The van der Waals surface area contributed by atoms with E-state index in [1.54, 1.807) is 14.2 Å². The summed E-state index contributed by atoms with van der Waals surface area (Å²) in [5.41, 5.74) is 7.50. The Balaban J connectivity index is 1.84. The molecule has 3 heteroatoms. The molecule has 152 valence electrons. The Bertz CT molecular complexity index is 1240. The summed E-state index contributed by atoms with van der Waals surface area (Å²) >= 11 is 0. The average molecular weight is 422 g/mol. The van der Waals surface area contributed by atoms with Gasteiger partial charge in [0.25, 0.3) is 0 Å². The van der Waals surface area contributed by atoms with Crippen molar-refractivity contribution >= 4 is 24.8 Å². The topological polar surface area (TPSA) is 18.5 Å². The monoisotopic (exact) mass is 422 g/mol. The highest BCUT2D eigenvalue weighted by Gasteiger charge is 2.27. The van der Waals surface area contributed by atoms with Crippen LogP contribution in [-0.2, 0) is 0 Å². The van der Waals surface area contributed by atoms with E-state index in [4.69, 9.17) is 9.47 Å². The van der Waals surface area contributed by atoms with Gasteiger partial charge in [-0.05, 0) is 45.3 Å². The molecule has 1 unspecified atom stereocenters. The molecule has 0 aromatic heterocycles. The Kier molecular flexibility index (Phi) is 5.32. The third kappa shape index (κ3) is 3.44. The van der Waals surface area contributed by atoms with Crippen molar-refractivity contribution in [2.75, 3.05) is 14.2 Å². The van der Waals surface area contributed by atoms with Crippen LogP contribution < -0.4 is 14.8 Å². The lowest BCUT2D eigenvalue weighted by atomic mass is 10.0. The molecule has 31 heavy (non-hydrogen) atoms. The number of rotatable bonds is 5. The Morgan fingerprint density at radius 2 is 1.03 bits per heavy atom. The average Bonchev–Trinajstić information content (AvgIpc) is 3.17. The minimum atomic E-state index is 0.411. The van der Waals surface area contributed by atoms with Crippen LogP contribution in [0.25, 0.3) is 22.0 Å². The maximum atomic E-state index is 5.80. The summed E-state index contributed by atoms with van der Waals surface area (Å²) in [4.78, 5) is 0. The summed E-state index contributed by atoms with van der Waals surface area (Å²) < 4.78 is 11.5. The predicted octanol–water partition coefficient (Wildman–Crippen LogP) is 6.60. The molecule has 2 nitrogen and oxygen atoms in total. The number of para-hydroxylation sites is 2. The fourth-order valence-electron chi connectivity index (χ4n) is 4.28. The largest absolute Gasteiger partial charge is 0.496 e. The van der Waals surface area contributed by atoms with Crippen molar-refractivity contribution < 1.29 is 9.47 Å². The van der Waals surface area contributed by atoms with E-state index in [0.717, 1.165) is 17.1 Å². The van der Waals surface area contributed by atoms with E-state index in [2.05, 4.69) is 72.8 Å². The van der Waals surface area contributed by atoms with Gasteiger partial charge in [-0.1, -0.05) is 93.5 Å². The van der Waals surface area contributed by atoms with Crippen LogP contribution in [0.4, 0.5) is 0 Å². The zero-order chi connectivity index (χ0) is 21.2. The number of fused-ring (bicyclic) bond motifs is 3. The third-order valence-corrected chi connectivity index (χ3v) is 7.13. The highest BCUT2D eigenvalue weighted by molar-refractivity contribution is 7.59. The standard InChI is InChI=1S/C28H23O2P/c1-29-24-16-8-7-15-23(24)28(31-26-18-10-9-17-25(26)30-2)27-21-13-5-3-11-19(21)20-12-4-6-14-22(20)27/h3-18,31H,1-2H3. The molecule has 0 spiro atoms. The minimum Gasteiger partial charge on any atom is -0.496 e. The molecule has 0 saturated carbocycles. The van der Waals surface area contributed by atoms with Crippen LogP contribution in [0.5, 0.6) is 11.5 Å². The van der Waals surface area contributed by atoms with Crippen LogP contribution in [-0.4, -0.2) is 14.2 Å². The molecular weight excluding hydrogens is 399 g/mol. The van der Waals surface area contributed by atoms with Crippen molar-refractivity contribution in [1.29, 1.82) is 0 Å². The van der Waals surface area contributed by atoms with Gasteiger partial charge < -0.3 is 9.47 Å². The van der Waals surface area contributed by atoms with Gasteiger partial charge in [0.15, 0.2) is 0 Å². The molecule has 1 aliphatic carbocycles. The molecule has 0 heterocycles. The minimum absolute atomic E-state index is 0.411. The van der Waals surface area contributed by atoms with Crippen molar-refractivity contribution in [3.05, 3.63) is 114 Å². The molecule has 0 N–H and O–H groups in total. The number of ether oxygens (including phenoxy) is 2. The van der Waals surface area contributed by atoms with E-state index < -0.39 is 0 Å². The second-order valence-electron chi connectivity index (χ2n) is 7.37. The lowest BCUT2D eigenvalue weighted by Crippen LogP contribution is -2.02. The van der Waals surface area contributed by atoms with E-state index in [1.807, 2.05) is 24.3 Å². The van der Waals surface area contributed by atoms with Crippen LogP contribution in [0.1, 0.15) is 16.7 Å². The SMILES string of the molecule is COc1ccccc1PC(=C1c2ccccc2-c2ccccc21)c1ccccc1OC. The summed E-state index contributed by atoms with van der Waals surface area (Å²) in [6.45, 7) is 0. The van der Waals surface area contributed by atoms with Gasteiger partial charge in [-0.3, -0.25) is 0 Å². The van der Waals surface area contributed by atoms with Crippen molar-refractivity contribution in [2.24, 2.45) is 0 Å². The van der Waals surface area contributed by atoms with Crippen molar-refractivity contribution in [3.63, 3.8) is 0 Å². The smallest absolute Gasteiger partial charge is 0.126 e. The Labute approximate surface area is 185 Å². The fraction of sp³-hybridized carbons (Fsp3) is 0.0714. The summed E-state index contributed by atoms with van der Waals surface area (Å²) in [5.74, 6) is 1.79. The van der Waals surface area contributed by atoms with Gasteiger partial charge in [0, 0.05) is 10.9 Å². The third-order valence-electron chi connectivity index (χ3n) is 5.68. The van der Waals surface area contributed by atoms with E-state index >= 15 is 0 Å². The van der Waals surface area contributed by atoms with Gasteiger partial charge in [-0.25, -0.2) is 0 Å². The molecule has 4 aromatic carbocycles. The molecule has 0 bridgehead atoms.